The zero-order chi connectivity index (χ0) is 21.7. The third kappa shape index (κ3) is 5.18. The van der Waals surface area contributed by atoms with Gasteiger partial charge in [0.05, 0.1) is 17.9 Å². The Morgan fingerprint density at radius 3 is 2.17 bits per heavy atom. The van der Waals surface area contributed by atoms with Gasteiger partial charge in [0.15, 0.2) is 0 Å². The van der Waals surface area contributed by atoms with Crippen molar-refractivity contribution in [1.29, 1.82) is 0 Å². The number of rotatable bonds is 7. The van der Waals surface area contributed by atoms with Crippen LogP contribution in [-0.4, -0.2) is 51.0 Å². The quantitative estimate of drug-likeness (QED) is 0.733. The molecule has 0 aliphatic carbocycles. The van der Waals surface area contributed by atoms with Gasteiger partial charge in [0.2, 0.25) is 15.9 Å². The number of hydrogen-bond acceptors (Lipinski definition) is 4. The molecule has 0 spiro atoms. The Kier molecular flexibility index (Phi) is 6.77. The number of carbonyl (C=O) groups is 2. The lowest BCUT2D eigenvalue weighted by Crippen LogP contribution is -2.29. The minimum Gasteiger partial charge on any atom is -0.342 e. The first-order chi connectivity index (χ1) is 14.3. The van der Waals surface area contributed by atoms with E-state index in [0.717, 1.165) is 31.5 Å². The van der Waals surface area contributed by atoms with Gasteiger partial charge in [0.1, 0.15) is 0 Å². The van der Waals surface area contributed by atoms with Crippen LogP contribution in [0, 0.1) is 0 Å². The number of hydrogen-bond donors (Lipinski definition) is 1. The smallest absolute Gasteiger partial charge is 0.255 e. The molecule has 160 valence electrons. The highest BCUT2D eigenvalue weighted by Gasteiger charge is 2.18. The predicted octanol–water partition coefficient (Wildman–Crippen LogP) is 2.89. The standard InChI is InChI=1S/C22H27N3O4S/c1-3-30(28,29)24(2)20-12-8-18(9-13-20)22(27)23-19-10-6-17(7-11-19)16-21(26)25-14-4-5-15-25/h6-13H,3-5,14-16H2,1-2H3,(H,23,27). The largest absolute Gasteiger partial charge is 0.342 e. The molecule has 3 rings (SSSR count). The van der Waals surface area contributed by atoms with Gasteiger partial charge in [-0.3, -0.25) is 13.9 Å². The molecule has 2 aromatic carbocycles. The summed E-state index contributed by atoms with van der Waals surface area (Å²) in [5.41, 5.74) is 2.47. The Labute approximate surface area is 177 Å². The number of amides is 2. The summed E-state index contributed by atoms with van der Waals surface area (Å²) in [5.74, 6) is -0.145. The molecule has 0 saturated carbocycles. The summed E-state index contributed by atoms with van der Waals surface area (Å²) in [6, 6.07) is 13.6. The Hall–Kier alpha value is -2.87. The van der Waals surface area contributed by atoms with Gasteiger partial charge >= 0.3 is 0 Å². The molecular weight excluding hydrogens is 402 g/mol. The van der Waals surface area contributed by atoms with E-state index in [0.29, 0.717) is 23.4 Å². The van der Waals surface area contributed by atoms with Crippen molar-refractivity contribution in [1.82, 2.24) is 4.90 Å². The van der Waals surface area contributed by atoms with E-state index in [1.165, 1.54) is 11.4 Å². The molecule has 2 aromatic rings. The molecule has 0 aromatic heterocycles. The summed E-state index contributed by atoms with van der Waals surface area (Å²) in [6.07, 6.45) is 2.51. The molecule has 0 unspecified atom stereocenters. The highest BCUT2D eigenvalue weighted by molar-refractivity contribution is 7.92. The van der Waals surface area contributed by atoms with E-state index < -0.39 is 10.0 Å². The van der Waals surface area contributed by atoms with Gasteiger partial charge < -0.3 is 10.2 Å². The van der Waals surface area contributed by atoms with Crippen LogP contribution in [0.1, 0.15) is 35.7 Å². The van der Waals surface area contributed by atoms with Crippen LogP contribution in [0.3, 0.4) is 0 Å². The maximum atomic E-state index is 12.5. The molecule has 2 amide bonds. The van der Waals surface area contributed by atoms with E-state index in [-0.39, 0.29) is 17.6 Å². The van der Waals surface area contributed by atoms with Crippen molar-refractivity contribution in [3.8, 4) is 0 Å². The second-order valence-electron chi connectivity index (χ2n) is 7.33. The van der Waals surface area contributed by atoms with Crippen LogP contribution in [0.15, 0.2) is 48.5 Å². The second kappa shape index (κ2) is 9.30. The fourth-order valence-electron chi connectivity index (χ4n) is 3.34. The van der Waals surface area contributed by atoms with Crippen molar-refractivity contribution in [2.45, 2.75) is 26.2 Å². The summed E-state index contributed by atoms with van der Waals surface area (Å²) >= 11 is 0. The van der Waals surface area contributed by atoms with E-state index in [9.17, 15) is 18.0 Å². The normalized spacial score (nSPS) is 13.9. The summed E-state index contributed by atoms with van der Waals surface area (Å²) in [4.78, 5) is 26.6. The van der Waals surface area contributed by atoms with Crippen molar-refractivity contribution < 1.29 is 18.0 Å². The highest BCUT2D eigenvalue weighted by Crippen LogP contribution is 2.19. The van der Waals surface area contributed by atoms with E-state index in [2.05, 4.69) is 5.32 Å². The predicted molar refractivity (Wildman–Crippen MR) is 118 cm³/mol. The van der Waals surface area contributed by atoms with Gasteiger partial charge in [-0.05, 0) is 61.7 Å². The maximum Gasteiger partial charge on any atom is 0.255 e. The summed E-state index contributed by atoms with van der Waals surface area (Å²) < 4.78 is 25.1. The number of nitrogens with zero attached hydrogens (tertiary/aromatic N) is 2. The molecule has 1 fully saturated rings. The first-order valence-corrected chi connectivity index (χ1v) is 11.7. The molecule has 0 radical (unpaired) electrons. The minimum atomic E-state index is -3.35. The first kappa shape index (κ1) is 21.8. The van der Waals surface area contributed by atoms with E-state index >= 15 is 0 Å². The average molecular weight is 430 g/mol. The fourth-order valence-corrected chi connectivity index (χ4v) is 4.17. The summed E-state index contributed by atoms with van der Waals surface area (Å²) in [6.45, 7) is 3.26. The van der Waals surface area contributed by atoms with E-state index in [1.807, 2.05) is 17.0 Å². The monoisotopic (exact) mass is 429 g/mol. The van der Waals surface area contributed by atoms with E-state index in [1.54, 1.807) is 43.3 Å². The van der Waals surface area contributed by atoms with Crippen molar-refractivity contribution >= 4 is 33.2 Å². The second-order valence-corrected chi connectivity index (χ2v) is 9.62. The molecule has 1 aliphatic rings. The van der Waals surface area contributed by atoms with Gasteiger partial charge in [-0.2, -0.15) is 0 Å². The lowest BCUT2D eigenvalue weighted by molar-refractivity contribution is -0.129. The Balaban J connectivity index is 1.59. The molecular formula is C22H27N3O4S. The summed E-state index contributed by atoms with van der Waals surface area (Å²) in [5, 5.41) is 2.82. The van der Waals surface area contributed by atoms with Gasteiger partial charge in [0, 0.05) is 31.4 Å². The van der Waals surface area contributed by atoms with Crippen LogP contribution in [0.2, 0.25) is 0 Å². The Bertz CT molecular complexity index is 996. The number of carbonyl (C=O) groups excluding carboxylic acids is 2. The molecule has 7 nitrogen and oxygen atoms in total. The van der Waals surface area contributed by atoms with Crippen molar-refractivity contribution in [3.05, 3.63) is 59.7 Å². The van der Waals surface area contributed by atoms with Crippen molar-refractivity contribution in [2.75, 3.05) is 35.5 Å². The molecule has 1 N–H and O–H groups in total. The topological polar surface area (TPSA) is 86.8 Å². The SMILES string of the molecule is CCS(=O)(=O)N(C)c1ccc(C(=O)Nc2ccc(CC(=O)N3CCCC3)cc2)cc1. The number of likely N-dealkylation sites (tertiary alicyclic amines) is 1. The van der Waals surface area contributed by atoms with Crippen molar-refractivity contribution in [2.24, 2.45) is 0 Å². The number of anilines is 2. The lowest BCUT2D eigenvalue weighted by Gasteiger charge is -2.18. The average Bonchev–Trinajstić information content (AvgIpc) is 3.30. The number of sulfonamides is 1. The van der Waals surface area contributed by atoms with Crippen LogP contribution in [-0.2, 0) is 21.2 Å². The third-order valence-electron chi connectivity index (χ3n) is 5.30. The lowest BCUT2D eigenvalue weighted by atomic mass is 10.1. The van der Waals surface area contributed by atoms with Gasteiger partial charge in [-0.25, -0.2) is 8.42 Å². The molecule has 30 heavy (non-hydrogen) atoms. The van der Waals surface area contributed by atoms with Gasteiger partial charge in [-0.15, -0.1) is 0 Å². The maximum absolute atomic E-state index is 12.5. The number of nitrogens with one attached hydrogen (secondary N) is 1. The van der Waals surface area contributed by atoms with Crippen LogP contribution in [0.25, 0.3) is 0 Å². The van der Waals surface area contributed by atoms with Crippen LogP contribution in [0.4, 0.5) is 11.4 Å². The third-order valence-corrected chi connectivity index (χ3v) is 7.08. The minimum absolute atomic E-state index is 0.00532. The van der Waals surface area contributed by atoms with Gasteiger partial charge in [-0.1, -0.05) is 12.1 Å². The summed E-state index contributed by atoms with van der Waals surface area (Å²) in [7, 11) is -1.86. The molecule has 0 bridgehead atoms. The van der Waals surface area contributed by atoms with Crippen LogP contribution < -0.4 is 9.62 Å². The molecule has 0 atom stereocenters. The van der Waals surface area contributed by atoms with Crippen molar-refractivity contribution in [3.63, 3.8) is 0 Å². The number of benzene rings is 2. The zero-order valence-corrected chi connectivity index (χ0v) is 18.1. The van der Waals surface area contributed by atoms with Gasteiger partial charge in [0.25, 0.3) is 5.91 Å². The highest BCUT2D eigenvalue weighted by atomic mass is 32.2. The molecule has 1 heterocycles. The molecule has 8 heteroatoms. The van der Waals surface area contributed by atoms with Crippen LogP contribution in [0.5, 0.6) is 0 Å². The fraction of sp³-hybridized carbons (Fsp3) is 0.364. The first-order valence-electron chi connectivity index (χ1n) is 10.0. The zero-order valence-electron chi connectivity index (χ0n) is 17.3. The van der Waals surface area contributed by atoms with E-state index in [4.69, 9.17) is 0 Å². The Morgan fingerprint density at radius 1 is 1.00 bits per heavy atom. The Morgan fingerprint density at radius 2 is 1.60 bits per heavy atom. The van der Waals surface area contributed by atoms with Crippen LogP contribution >= 0.6 is 0 Å². The molecule has 1 saturated heterocycles. The molecule has 1 aliphatic heterocycles.